The molecule has 0 N–H and O–H groups in total. The van der Waals surface area contributed by atoms with E-state index < -0.39 is 8.32 Å². The molecule has 0 unspecified atom stereocenters. The van der Waals surface area contributed by atoms with Crippen LogP contribution in [0.5, 0.6) is 0 Å². The van der Waals surface area contributed by atoms with Crippen molar-refractivity contribution in [3.63, 3.8) is 0 Å². The third-order valence-electron chi connectivity index (χ3n) is 5.35. The quantitative estimate of drug-likeness (QED) is 0.431. The van der Waals surface area contributed by atoms with E-state index >= 15 is 0 Å². The fraction of sp³-hybridized carbons (Fsp3) is 0.500. The van der Waals surface area contributed by atoms with Crippen LogP contribution < -0.4 is 0 Å². The van der Waals surface area contributed by atoms with Gasteiger partial charge in [0, 0.05) is 17.7 Å². The Morgan fingerprint density at radius 2 is 1.78 bits per heavy atom. The highest BCUT2D eigenvalue weighted by atomic mass is 28.4. The first-order valence-corrected chi connectivity index (χ1v) is 12.5. The summed E-state index contributed by atoms with van der Waals surface area (Å²) in [5.74, 6) is 0.986. The molecular weight excluding hydrogens is 356 g/mol. The van der Waals surface area contributed by atoms with Gasteiger partial charge >= 0.3 is 5.97 Å². The molecule has 5 heteroatoms. The first-order valence-electron chi connectivity index (χ1n) is 9.57. The van der Waals surface area contributed by atoms with E-state index in [1.807, 2.05) is 44.2 Å². The largest absolute Gasteiger partial charge is 0.462 e. The number of carbonyl (C=O) groups is 1. The Labute approximate surface area is 164 Å². The molecule has 1 aromatic heterocycles. The van der Waals surface area contributed by atoms with Gasteiger partial charge in [-0.2, -0.15) is 0 Å². The molecule has 0 bridgehead atoms. The fourth-order valence-electron chi connectivity index (χ4n) is 2.72. The van der Waals surface area contributed by atoms with E-state index in [1.165, 1.54) is 0 Å². The van der Waals surface area contributed by atoms with E-state index in [1.54, 1.807) is 0 Å². The van der Waals surface area contributed by atoms with Gasteiger partial charge in [0.25, 0.3) is 0 Å². The maximum Gasteiger partial charge on any atom is 0.342 e. The molecule has 148 valence electrons. The number of hydrogen-bond acceptors (Lipinski definition) is 4. The van der Waals surface area contributed by atoms with Crippen LogP contribution in [0.4, 0.5) is 0 Å². The molecule has 1 aromatic carbocycles. The second-order valence-electron chi connectivity index (χ2n) is 8.29. The predicted molar refractivity (Wildman–Crippen MR) is 112 cm³/mol. The Bertz CT molecular complexity index is 770. The molecule has 0 spiro atoms. The number of furan rings is 1. The Morgan fingerprint density at radius 1 is 1.15 bits per heavy atom. The summed E-state index contributed by atoms with van der Waals surface area (Å²) in [4.78, 5) is 12.7. The molecule has 0 aliphatic rings. The van der Waals surface area contributed by atoms with E-state index in [0.29, 0.717) is 31.0 Å². The van der Waals surface area contributed by atoms with Gasteiger partial charge in [-0.25, -0.2) is 4.79 Å². The van der Waals surface area contributed by atoms with Crippen molar-refractivity contribution in [2.24, 2.45) is 0 Å². The highest BCUT2D eigenvalue weighted by Crippen LogP contribution is 2.37. The van der Waals surface area contributed by atoms with Gasteiger partial charge in [0.15, 0.2) is 8.32 Å². The Balaban J connectivity index is 2.33. The molecule has 0 saturated carbocycles. The lowest BCUT2D eigenvalue weighted by Crippen LogP contribution is -2.41. The van der Waals surface area contributed by atoms with Gasteiger partial charge < -0.3 is 13.6 Å². The maximum absolute atomic E-state index is 12.7. The topological polar surface area (TPSA) is 48.7 Å². The van der Waals surface area contributed by atoms with Gasteiger partial charge in [0.05, 0.1) is 6.61 Å². The van der Waals surface area contributed by atoms with E-state index in [9.17, 15) is 4.79 Å². The molecule has 0 atom stereocenters. The molecule has 0 fully saturated rings. The van der Waals surface area contributed by atoms with E-state index in [2.05, 4.69) is 33.9 Å². The van der Waals surface area contributed by atoms with Gasteiger partial charge in [0.1, 0.15) is 17.1 Å². The summed E-state index contributed by atoms with van der Waals surface area (Å²) < 4.78 is 17.6. The van der Waals surface area contributed by atoms with Gasteiger partial charge in [-0.15, -0.1) is 0 Å². The lowest BCUT2D eigenvalue weighted by atomic mass is 10.0. The summed E-state index contributed by atoms with van der Waals surface area (Å²) in [7, 11) is -1.84. The standard InChI is InChI=1S/C22H32O4Si/c1-8-24-21(23)19-18(14-15-25-27(6,7)22(3,4)5)16(2)26-20(19)17-12-10-9-11-13-17/h9-13H,8,14-15H2,1-7H3. The van der Waals surface area contributed by atoms with Crippen molar-refractivity contribution in [3.8, 4) is 11.3 Å². The zero-order chi connectivity index (χ0) is 20.2. The van der Waals surface area contributed by atoms with Crippen molar-refractivity contribution in [1.82, 2.24) is 0 Å². The number of ether oxygens (including phenoxy) is 1. The van der Waals surface area contributed by atoms with Gasteiger partial charge in [-0.1, -0.05) is 51.1 Å². The molecule has 1 heterocycles. The highest BCUT2D eigenvalue weighted by molar-refractivity contribution is 6.74. The summed E-state index contributed by atoms with van der Waals surface area (Å²) in [6, 6.07) is 9.69. The van der Waals surface area contributed by atoms with Gasteiger partial charge in [-0.3, -0.25) is 0 Å². The maximum atomic E-state index is 12.7. The zero-order valence-electron chi connectivity index (χ0n) is 17.6. The van der Waals surface area contributed by atoms with Crippen molar-refractivity contribution in [2.75, 3.05) is 13.2 Å². The monoisotopic (exact) mass is 388 g/mol. The third kappa shape index (κ3) is 4.90. The second-order valence-corrected chi connectivity index (χ2v) is 13.1. The van der Waals surface area contributed by atoms with Crippen LogP contribution in [-0.2, 0) is 15.6 Å². The van der Waals surface area contributed by atoms with Crippen LogP contribution in [0.1, 0.15) is 49.4 Å². The molecule has 0 saturated heterocycles. The average molecular weight is 389 g/mol. The van der Waals surface area contributed by atoms with Crippen LogP contribution >= 0.6 is 0 Å². The SMILES string of the molecule is CCOC(=O)c1c(-c2ccccc2)oc(C)c1CCO[Si](C)(C)C(C)(C)C. The molecular formula is C22H32O4Si. The second kappa shape index (κ2) is 8.44. The first kappa shape index (κ1) is 21.4. The normalized spacial score (nSPS) is 12.3. The van der Waals surface area contributed by atoms with Crippen molar-refractivity contribution >= 4 is 14.3 Å². The van der Waals surface area contributed by atoms with Crippen molar-refractivity contribution in [2.45, 2.75) is 59.2 Å². The Kier molecular flexibility index (Phi) is 6.71. The number of rotatable bonds is 7. The summed E-state index contributed by atoms with van der Waals surface area (Å²) in [5.41, 5.74) is 2.28. The van der Waals surface area contributed by atoms with Crippen molar-refractivity contribution < 1.29 is 18.4 Å². The molecule has 2 rings (SSSR count). The molecule has 27 heavy (non-hydrogen) atoms. The molecule has 0 aliphatic heterocycles. The highest BCUT2D eigenvalue weighted by Gasteiger charge is 2.37. The van der Waals surface area contributed by atoms with Crippen molar-refractivity contribution in [1.29, 1.82) is 0 Å². The number of hydrogen-bond donors (Lipinski definition) is 0. The zero-order valence-corrected chi connectivity index (χ0v) is 18.6. The molecule has 4 nitrogen and oxygen atoms in total. The van der Waals surface area contributed by atoms with Crippen LogP contribution in [-0.4, -0.2) is 27.5 Å². The predicted octanol–water partition coefficient (Wildman–Crippen LogP) is 6.00. The van der Waals surface area contributed by atoms with Crippen molar-refractivity contribution in [3.05, 3.63) is 47.2 Å². The van der Waals surface area contributed by atoms with E-state index in [4.69, 9.17) is 13.6 Å². The van der Waals surface area contributed by atoms with Crippen LogP contribution in [0, 0.1) is 6.92 Å². The van der Waals surface area contributed by atoms with Crippen LogP contribution in [0.3, 0.4) is 0 Å². The van der Waals surface area contributed by atoms with Crippen LogP contribution in [0.15, 0.2) is 34.7 Å². The number of carbonyl (C=O) groups excluding carboxylic acids is 1. The van der Waals surface area contributed by atoms with Crippen LogP contribution in [0.25, 0.3) is 11.3 Å². The smallest absolute Gasteiger partial charge is 0.342 e. The summed E-state index contributed by atoms with van der Waals surface area (Å²) >= 11 is 0. The number of aryl methyl sites for hydroxylation is 1. The Morgan fingerprint density at radius 3 is 2.33 bits per heavy atom. The molecule has 0 radical (unpaired) electrons. The van der Waals surface area contributed by atoms with Crippen LogP contribution in [0.2, 0.25) is 18.1 Å². The van der Waals surface area contributed by atoms with E-state index in [-0.39, 0.29) is 11.0 Å². The summed E-state index contributed by atoms with van der Waals surface area (Å²) in [6.07, 6.45) is 0.628. The third-order valence-corrected chi connectivity index (χ3v) is 9.88. The number of benzene rings is 1. The summed E-state index contributed by atoms with van der Waals surface area (Å²) in [5, 5.41) is 0.150. The minimum absolute atomic E-state index is 0.150. The minimum atomic E-state index is -1.84. The molecule has 0 aliphatic carbocycles. The molecule has 2 aromatic rings. The fourth-order valence-corrected chi connectivity index (χ4v) is 3.76. The van der Waals surface area contributed by atoms with E-state index in [0.717, 1.165) is 16.9 Å². The van der Waals surface area contributed by atoms with Gasteiger partial charge in [-0.05, 0) is 38.4 Å². The lowest BCUT2D eigenvalue weighted by molar-refractivity contribution is 0.0525. The lowest BCUT2D eigenvalue weighted by Gasteiger charge is -2.36. The molecule has 0 amide bonds. The minimum Gasteiger partial charge on any atom is -0.462 e. The van der Waals surface area contributed by atoms with Gasteiger partial charge in [0.2, 0.25) is 0 Å². The number of esters is 1. The Hall–Kier alpha value is -1.85. The average Bonchev–Trinajstić information content (AvgIpc) is 2.91. The first-order chi connectivity index (χ1) is 12.6. The summed E-state index contributed by atoms with van der Waals surface area (Å²) in [6.45, 7) is 15.7.